The van der Waals surface area contributed by atoms with Crippen molar-refractivity contribution in [3.8, 4) is 0 Å². The van der Waals surface area contributed by atoms with E-state index in [1.54, 1.807) is 0 Å². The standard InChI is InChI=1S/C41H83O9P/c1-3-5-7-9-11-13-15-16-17-18-19-20-21-22-23-24-25-27-29-31-33-41(44)50-40(38-49-51(45,46)48-36-39(43)35-42)37-47-34-32-30-28-26-14-12-10-8-6-4-2/h39-40,42-43H,3-38H2,1-2H3,(H,45,46). The topological polar surface area (TPSA) is 132 Å². The van der Waals surface area contributed by atoms with Crippen LogP contribution in [-0.4, -0.2) is 66.3 Å². The second kappa shape index (κ2) is 39.2. The molecule has 0 saturated carbocycles. The van der Waals surface area contributed by atoms with Crippen LogP contribution in [0.15, 0.2) is 0 Å². The lowest BCUT2D eigenvalue weighted by atomic mass is 10.0. The zero-order valence-electron chi connectivity index (χ0n) is 33.3. The number of esters is 1. The molecule has 3 atom stereocenters. The first-order chi connectivity index (χ1) is 24.8. The summed E-state index contributed by atoms with van der Waals surface area (Å²) in [6.07, 6.45) is 36.4. The Morgan fingerprint density at radius 3 is 1.27 bits per heavy atom. The van der Waals surface area contributed by atoms with Crippen molar-refractivity contribution in [1.82, 2.24) is 0 Å². The van der Waals surface area contributed by atoms with Gasteiger partial charge in [-0.15, -0.1) is 0 Å². The number of carbonyl (C=O) groups excluding carboxylic acids is 1. The predicted molar refractivity (Wildman–Crippen MR) is 210 cm³/mol. The fourth-order valence-electron chi connectivity index (χ4n) is 6.24. The Balaban J connectivity index is 4.04. The van der Waals surface area contributed by atoms with Crippen molar-refractivity contribution in [1.29, 1.82) is 0 Å². The number of hydrogen-bond donors (Lipinski definition) is 3. The maximum absolute atomic E-state index is 12.6. The van der Waals surface area contributed by atoms with Crippen molar-refractivity contribution < 1.29 is 43.0 Å². The Hall–Kier alpha value is -0.540. The molecule has 3 N–H and O–H groups in total. The fourth-order valence-corrected chi connectivity index (χ4v) is 7.03. The van der Waals surface area contributed by atoms with Crippen LogP contribution in [0.5, 0.6) is 0 Å². The van der Waals surface area contributed by atoms with Gasteiger partial charge >= 0.3 is 13.8 Å². The van der Waals surface area contributed by atoms with Crippen molar-refractivity contribution in [2.24, 2.45) is 0 Å². The summed E-state index contributed by atoms with van der Waals surface area (Å²) in [6, 6.07) is 0. The minimum absolute atomic E-state index is 0.0572. The Morgan fingerprint density at radius 2 is 0.882 bits per heavy atom. The molecule has 0 aliphatic carbocycles. The summed E-state index contributed by atoms with van der Waals surface area (Å²) in [4.78, 5) is 22.5. The minimum atomic E-state index is -4.50. The summed E-state index contributed by atoms with van der Waals surface area (Å²) < 4.78 is 33.3. The first-order valence-corrected chi connectivity index (χ1v) is 23.0. The number of carbonyl (C=O) groups is 1. The van der Waals surface area contributed by atoms with Gasteiger partial charge in [0, 0.05) is 13.0 Å². The van der Waals surface area contributed by atoms with E-state index in [9.17, 15) is 19.4 Å². The molecule has 0 radical (unpaired) electrons. The lowest BCUT2D eigenvalue weighted by Gasteiger charge is -2.20. The molecule has 9 nitrogen and oxygen atoms in total. The maximum atomic E-state index is 12.6. The molecule has 0 fully saturated rings. The van der Waals surface area contributed by atoms with Gasteiger partial charge in [-0.1, -0.05) is 194 Å². The Morgan fingerprint density at radius 1 is 0.529 bits per heavy atom. The van der Waals surface area contributed by atoms with Crippen LogP contribution in [0.2, 0.25) is 0 Å². The van der Waals surface area contributed by atoms with Gasteiger partial charge in [0.25, 0.3) is 0 Å². The molecule has 0 aromatic carbocycles. The third kappa shape index (κ3) is 39.0. The number of aliphatic hydroxyl groups is 2. The Kier molecular flexibility index (Phi) is 38.7. The number of ether oxygens (including phenoxy) is 2. The Bertz CT molecular complexity index is 769. The van der Waals surface area contributed by atoms with Crippen LogP contribution >= 0.6 is 7.82 Å². The van der Waals surface area contributed by atoms with Gasteiger partial charge < -0.3 is 24.6 Å². The predicted octanol–water partition coefficient (Wildman–Crippen LogP) is 11.5. The lowest BCUT2D eigenvalue weighted by molar-refractivity contribution is -0.154. The fraction of sp³-hybridized carbons (Fsp3) is 0.976. The third-order valence-corrected chi connectivity index (χ3v) is 10.5. The molecule has 0 aromatic rings. The van der Waals surface area contributed by atoms with E-state index in [0.717, 1.165) is 32.1 Å². The van der Waals surface area contributed by atoms with Crippen LogP contribution < -0.4 is 0 Å². The average Bonchev–Trinajstić information content (AvgIpc) is 3.12. The quantitative estimate of drug-likeness (QED) is 0.0317. The molecule has 0 aliphatic rings. The molecule has 0 spiro atoms. The van der Waals surface area contributed by atoms with Gasteiger partial charge in [0.2, 0.25) is 0 Å². The zero-order valence-corrected chi connectivity index (χ0v) is 34.2. The van der Waals surface area contributed by atoms with Gasteiger partial charge in [0.05, 0.1) is 26.4 Å². The SMILES string of the molecule is CCCCCCCCCCCCCCCCCCCCCCC(=O)OC(COCCCCCCCCCCCC)COP(=O)(O)OCC(O)CO. The van der Waals surface area contributed by atoms with Crippen molar-refractivity contribution in [2.75, 3.05) is 33.0 Å². The molecule has 0 heterocycles. The second-order valence-corrected chi connectivity index (χ2v) is 16.2. The summed E-state index contributed by atoms with van der Waals surface area (Å²) in [6.45, 7) is 3.56. The first kappa shape index (κ1) is 50.5. The van der Waals surface area contributed by atoms with E-state index in [1.807, 2.05) is 0 Å². The van der Waals surface area contributed by atoms with Crippen LogP contribution in [0.1, 0.15) is 213 Å². The summed E-state index contributed by atoms with van der Waals surface area (Å²) in [7, 11) is -4.50. The third-order valence-electron chi connectivity index (χ3n) is 9.54. The number of aliphatic hydroxyl groups excluding tert-OH is 2. The maximum Gasteiger partial charge on any atom is 0.472 e. The Labute approximate surface area is 314 Å². The summed E-state index contributed by atoms with van der Waals surface area (Å²) in [5.74, 6) is -0.377. The molecule has 0 rings (SSSR count). The normalized spacial score (nSPS) is 14.1. The molecule has 3 unspecified atom stereocenters. The van der Waals surface area contributed by atoms with Gasteiger partial charge in [0.1, 0.15) is 12.2 Å². The molecular formula is C41H83O9P. The summed E-state index contributed by atoms with van der Waals surface area (Å²) >= 11 is 0. The summed E-state index contributed by atoms with van der Waals surface area (Å²) in [5, 5.41) is 18.3. The molecule has 51 heavy (non-hydrogen) atoms. The largest absolute Gasteiger partial charge is 0.472 e. The van der Waals surface area contributed by atoms with E-state index in [0.29, 0.717) is 6.61 Å². The highest BCUT2D eigenvalue weighted by Gasteiger charge is 2.26. The number of phosphoric acid groups is 1. The van der Waals surface area contributed by atoms with Gasteiger partial charge in [-0.05, 0) is 12.8 Å². The van der Waals surface area contributed by atoms with Crippen molar-refractivity contribution in [3.05, 3.63) is 0 Å². The number of phosphoric ester groups is 1. The highest BCUT2D eigenvalue weighted by Crippen LogP contribution is 2.43. The average molecular weight is 751 g/mol. The van der Waals surface area contributed by atoms with Crippen LogP contribution in [0.4, 0.5) is 0 Å². The van der Waals surface area contributed by atoms with E-state index < -0.39 is 33.2 Å². The molecule has 10 heteroatoms. The van der Waals surface area contributed by atoms with Crippen LogP contribution in [0, 0.1) is 0 Å². The van der Waals surface area contributed by atoms with Gasteiger partial charge in [-0.2, -0.15) is 0 Å². The van der Waals surface area contributed by atoms with Crippen LogP contribution in [-0.2, 0) is 27.9 Å². The molecule has 0 aromatic heterocycles. The molecular weight excluding hydrogens is 667 g/mol. The molecule has 0 amide bonds. The van der Waals surface area contributed by atoms with Crippen molar-refractivity contribution in [2.45, 2.75) is 225 Å². The molecule has 0 saturated heterocycles. The highest BCUT2D eigenvalue weighted by molar-refractivity contribution is 7.47. The number of unbranched alkanes of at least 4 members (excludes halogenated alkanes) is 28. The monoisotopic (exact) mass is 751 g/mol. The second-order valence-electron chi connectivity index (χ2n) is 14.7. The minimum Gasteiger partial charge on any atom is -0.457 e. The number of hydrogen-bond acceptors (Lipinski definition) is 8. The first-order valence-electron chi connectivity index (χ1n) is 21.5. The smallest absolute Gasteiger partial charge is 0.457 e. The van der Waals surface area contributed by atoms with E-state index in [1.165, 1.54) is 161 Å². The van der Waals surface area contributed by atoms with Crippen molar-refractivity contribution >= 4 is 13.8 Å². The molecule has 306 valence electrons. The van der Waals surface area contributed by atoms with E-state index in [4.69, 9.17) is 23.6 Å². The zero-order chi connectivity index (χ0) is 37.5. The van der Waals surface area contributed by atoms with Gasteiger partial charge in [0.15, 0.2) is 0 Å². The van der Waals surface area contributed by atoms with E-state index >= 15 is 0 Å². The van der Waals surface area contributed by atoms with E-state index in [-0.39, 0.29) is 25.6 Å². The van der Waals surface area contributed by atoms with Crippen molar-refractivity contribution in [3.63, 3.8) is 0 Å². The van der Waals surface area contributed by atoms with Crippen LogP contribution in [0.3, 0.4) is 0 Å². The van der Waals surface area contributed by atoms with E-state index in [2.05, 4.69) is 13.8 Å². The molecule has 0 aliphatic heterocycles. The van der Waals surface area contributed by atoms with Crippen LogP contribution in [0.25, 0.3) is 0 Å². The highest BCUT2D eigenvalue weighted by atomic mass is 31.2. The van der Waals surface area contributed by atoms with Gasteiger partial charge in [-0.3, -0.25) is 13.8 Å². The lowest BCUT2D eigenvalue weighted by Crippen LogP contribution is -2.29. The molecule has 0 bridgehead atoms. The summed E-state index contributed by atoms with van der Waals surface area (Å²) in [5.41, 5.74) is 0. The van der Waals surface area contributed by atoms with Gasteiger partial charge in [-0.25, -0.2) is 4.57 Å². The number of rotatable bonds is 42.